The van der Waals surface area contributed by atoms with E-state index in [9.17, 15) is 13.2 Å². The first kappa shape index (κ1) is 13.8. The molecule has 0 aliphatic heterocycles. The largest absolute Gasteiger partial charge is 0.408 e. The van der Waals surface area contributed by atoms with Crippen LogP contribution in [-0.4, -0.2) is 34.2 Å². The van der Waals surface area contributed by atoms with Gasteiger partial charge in [0, 0.05) is 18.6 Å². The van der Waals surface area contributed by atoms with Crippen LogP contribution in [0, 0.1) is 0 Å². The lowest BCUT2D eigenvalue weighted by Gasteiger charge is -2.28. The average molecular weight is 291 g/mol. The van der Waals surface area contributed by atoms with Crippen LogP contribution in [-0.2, 0) is 0 Å². The number of rotatable bonds is 2. The van der Waals surface area contributed by atoms with Crippen LogP contribution in [0.15, 0.2) is 18.5 Å². The molecule has 0 fully saturated rings. The van der Waals surface area contributed by atoms with Crippen LogP contribution in [0.2, 0.25) is 5.28 Å². The van der Waals surface area contributed by atoms with Gasteiger partial charge in [0.25, 0.3) is 0 Å². The molecule has 19 heavy (non-hydrogen) atoms. The molecule has 0 saturated carbocycles. The van der Waals surface area contributed by atoms with Crippen molar-refractivity contribution in [3.63, 3.8) is 0 Å². The van der Waals surface area contributed by atoms with Crippen LogP contribution >= 0.6 is 11.6 Å². The third-order valence-corrected chi connectivity index (χ3v) is 3.01. The summed E-state index contributed by atoms with van der Waals surface area (Å²) in [7, 11) is 1.32. The lowest BCUT2D eigenvalue weighted by molar-refractivity contribution is -0.144. The van der Waals surface area contributed by atoms with Crippen LogP contribution < -0.4 is 4.90 Å². The maximum Gasteiger partial charge on any atom is 0.408 e. The Kier molecular flexibility index (Phi) is 3.49. The Hall–Kier alpha value is -1.63. The second-order valence-corrected chi connectivity index (χ2v) is 4.38. The maximum absolute atomic E-state index is 12.8. The highest BCUT2D eigenvalue weighted by molar-refractivity contribution is 6.28. The zero-order valence-electron chi connectivity index (χ0n) is 10.1. The molecule has 4 nitrogen and oxygen atoms in total. The molecule has 0 radical (unpaired) electrons. The molecule has 0 bridgehead atoms. The van der Waals surface area contributed by atoms with E-state index in [1.807, 2.05) is 0 Å². The minimum atomic E-state index is -4.36. The summed E-state index contributed by atoms with van der Waals surface area (Å²) in [4.78, 5) is 12.7. The van der Waals surface area contributed by atoms with Crippen LogP contribution in [0.25, 0.3) is 10.9 Å². The van der Waals surface area contributed by atoms with E-state index >= 15 is 0 Å². The SMILES string of the molecule is CC(N(C)c1nc(Cl)nc2cnccc12)C(F)(F)F. The zero-order chi connectivity index (χ0) is 14.2. The first-order valence-electron chi connectivity index (χ1n) is 5.37. The van der Waals surface area contributed by atoms with E-state index in [4.69, 9.17) is 11.6 Å². The van der Waals surface area contributed by atoms with E-state index < -0.39 is 12.2 Å². The second-order valence-electron chi connectivity index (χ2n) is 4.04. The summed E-state index contributed by atoms with van der Waals surface area (Å²) >= 11 is 5.73. The Morgan fingerprint density at radius 1 is 1.32 bits per heavy atom. The lowest BCUT2D eigenvalue weighted by atomic mass is 10.2. The molecule has 0 aliphatic rings. The maximum atomic E-state index is 12.8. The molecule has 2 rings (SSSR count). The van der Waals surface area contributed by atoms with Gasteiger partial charge in [0.15, 0.2) is 0 Å². The van der Waals surface area contributed by atoms with Gasteiger partial charge in [-0.15, -0.1) is 0 Å². The van der Waals surface area contributed by atoms with Crippen LogP contribution in [0.1, 0.15) is 6.92 Å². The molecule has 0 aromatic carbocycles. The highest BCUT2D eigenvalue weighted by Gasteiger charge is 2.39. The number of hydrogen-bond acceptors (Lipinski definition) is 4. The Balaban J connectivity index is 2.56. The summed E-state index contributed by atoms with van der Waals surface area (Å²) in [5, 5.41) is 0.356. The normalized spacial score (nSPS) is 13.6. The summed E-state index contributed by atoms with van der Waals surface area (Å²) in [6, 6.07) is -0.129. The highest BCUT2D eigenvalue weighted by atomic mass is 35.5. The summed E-state index contributed by atoms with van der Waals surface area (Å²) in [5.41, 5.74) is 0.402. The third-order valence-electron chi connectivity index (χ3n) is 2.84. The lowest BCUT2D eigenvalue weighted by Crippen LogP contribution is -2.41. The highest BCUT2D eigenvalue weighted by Crippen LogP contribution is 2.30. The van der Waals surface area contributed by atoms with Crippen LogP contribution in [0.5, 0.6) is 0 Å². The van der Waals surface area contributed by atoms with Crippen LogP contribution in [0.4, 0.5) is 19.0 Å². The molecule has 0 spiro atoms. The van der Waals surface area contributed by atoms with Gasteiger partial charge in [-0.1, -0.05) is 0 Å². The van der Waals surface area contributed by atoms with Gasteiger partial charge in [-0.25, -0.2) is 4.98 Å². The van der Waals surface area contributed by atoms with Gasteiger partial charge in [-0.2, -0.15) is 18.2 Å². The third kappa shape index (κ3) is 2.70. The Labute approximate surface area is 112 Å². The van der Waals surface area contributed by atoms with Crippen molar-refractivity contribution in [2.45, 2.75) is 19.1 Å². The van der Waals surface area contributed by atoms with Gasteiger partial charge in [-0.3, -0.25) is 4.98 Å². The van der Waals surface area contributed by atoms with Crippen LogP contribution in [0.3, 0.4) is 0 Å². The molecule has 0 amide bonds. The molecule has 0 saturated heterocycles. The van der Waals surface area contributed by atoms with Gasteiger partial charge < -0.3 is 4.90 Å². The first-order chi connectivity index (χ1) is 8.80. The summed E-state index contributed by atoms with van der Waals surface area (Å²) < 4.78 is 38.3. The number of hydrogen-bond donors (Lipinski definition) is 0. The minimum Gasteiger partial charge on any atom is -0.347 e. The fourth-order valence-corrected chi connectivity index (χ4v) is 1.78. The fourth-order valence-electron chi connectivity index (χ4n) is 1.61. The molecule has 1 atom stereocenters. The number of fused-ring (bicyclic) bond motifs is 1. The minimum absolute atomic E-state index is 0.114. The number of halogens is 4. The summed E-state index contributed by atoms with van der Waals surface area (Å²) in [5.74, 6) is 0.127. The Morgan fingerprint density at radius 3 is 2.63 bits per heavy atom. The summed E-state index contributed by atoms with van der Waals surface area (Å²) in [6.45, 7) is 1.06. The number of pyridine rings is 1. The van der Waals surface area contributed by atoms with E-state index in [1.165, 1.54) is 19.4 Å². The van der Waals surface area contributed by atoms with Crippen molar-refractivity contribution in [1.82, 2.24) is 15.0 Å². The molecule has 0 aliphatic carbocycles. The molecule has 1 unspecified atom stereocenters. The fraction of sp³-hybridized carbons (Fsp3) is 0.364. The Bertz CT molecular complexity index is 602. The predicted molar refractivity (Wildman–Crippen MR) is 66.3 cm³/mol. The number of aromatic nitrogens is 3. The monoisotopic (exact) mass is 290 g/mol. The number of nitrogens with zero attached hydrogens (tertiary/aromatic N) is 4. The molecule has 2 aromatic heterocycles. The van der Waals surface area contributed by atoms with E-state index in [1.54, 1.807) is 6.07 Å². The number of alkyl halides is 3. The average Bonchev–Trinajstić information content (AvgIpc) is 2.34. The molecular weight excluding hydrogens is 281 g/mol. The van der Waals surface area contributed by atoms with E-state index in [0.29, 0.717) is 10.9 Å². The van der Waals surface area contributed by atoms with E-state index in [0.717, 1.165) is 11.8 Å². The van der Waals surface area contributed by atoms with E-state index in [2.05, 4.69) is 15.0 Å². The van der Waals surface area contributed by atoms with Crippen molar-refractivity contribution in [3.8, 4) is 0 Å². The molecule has 102 valence electrons. The second kappa shape index (κ2) is 4.80. The van der Waals surface area contributed by atoms with Crippen molar-refractivity contribution in [3.05, 3.63) is 23.7 Å². The topological polar surface area (TPSA) is 41.9 Å². The van der Waals surface area contributed by atoms with Crippen molar-refractivity contribution >= 4 is 28.3 Å². The Morgan fingerprint density at radius 2 is 2.00 bits per heavy atom. The number of anilines is 1. The predicted octanol–water partition coefficient (Wildman–Crippen LogP) is 3.07. The molecule has 0 N–H and O–H groups in total. The first-order valence-corrected chi connectivity index (χ1v) is 5.75. The van der Waals surface area contributed by atoms with E-state index in [-0.39, 0.29) is 11.1 Å². The van der Waals surface area contributed by atoms with Gasteiger partial charge in [0.1, 0.15) is 11.9 Å². The quantitative estimate of drug-likeness (QED) is 0.797. The van der Waals surface area contributed by atoms with Gasteiger partial charge in [-0.05, 0) is 24.6 Å². The molecule has 2 aromatic rings. The van der Waals surface area contributed by atoms with Crippen molar-refractivity contribution in [1.29, 1.82) is 0 Å². The van der Waals surface area contributed by atoms with Crippen molar-refractivity contribution in [2.24, 2.45) is 0 Å². The zero-order valence-corrected chi connectivity index (χ0v) is 10.9. The standard InChI is InChI=1S/C11H10ClF3N4/c1-6(11(13,14)15)19(2)9-7-3-4-16-5-8(7)17-10(12)18-9/h3-6H,1-2H3. The van der Waals surface area contributed by atoms with Gasteiger partial charge >= 0.3 is 6.18 Å². The smallest absolute Gasteiger partial charge is 0.347 e. The molecule has 8 heteroatoms. The summed E-state index contributed by atoms with van der Waals surface area (Å²) in [6.07, 6.45) is -1.46. The van der Waals surface area contributed by atoms with Crippen molar-refractivity contribution < 1.29 is 13.2 Å². The van der Waals surface area contributed by atoms with Gasteiger partial charge in [0.05, 0.1) is 11.7 Å². The van der Waals surface area contributed by atoms with Gasteiger partial charge in [0.2, 0.25) is 5.28 Å². The molecular formula is C11H10ClF3N4. The van der Waals surface area contributed by atoms with Crippen molar-refractivity contribution in [2.75, 3.05) is 11.9 Å². The molecule has 2 heterocycles.